The lowest BCUT2D eigenvalue weighted by Crippen LogP contribution is -2.32. The van der Waals surface area contributed by atoms with E-state index < -0.39 is 0 Å². The third kappa shape index (κ3) is 4.24. The summed E-state index contributed by atoms with van der Waals surface area (Å²) in [4.78, 5) is 0. The standard InChI is InChI=1S/C18H29NO/c1-13(2)11-19-12-16(14(3)4)10-17-9-15-7-5-6-8-18(15)20-17/h5-8,13-14,16-17,19H,9-12H2,1-4H3. The predicted octanol–water partition coefficient (Wildman–Crippen LogP) is 3.90. The maximum Gasteiger partial charge on any atom is 0.123 e. The Bertz CT molecular complexity index is 389. The van der Waals surface area contributed by atoms with Crippen LogP contribution in [0.4, 0.5) is 0 Å². The average Bonchev–Trinajstić information content (AvgIpc) is 2.79. The molecule has 2 unspecified atom stereocenters. The SMILES string of the molecule is CC(C)CNCC(CC1Cc2ccccc2O1)C(C)C. The van der Waals surface area contributed by atoms with E-state index in [2.05, 4.69) is 57.3 Å². The zero-order valence-electron chi connectivity index (χ0n) is 13.4. The molecule has 1 heterocycles. The number of hydrogen-bond acceptors (Lipinski definition) is 2. The van der Waals surface area contributed by atoms with Gasteiger partial charge in [-0.15, -0.1) is 0 Å². The summed E-state index contributed by atoms with van der Waals surface area (Å²) in [6.45, 7) is 11.4. The molecule has 112 valence electrons. The molecule has 0 saturated carbocycles. The van der Waals surface area contributed by atoms with Crippen molar-refractivity contribution >= 4 is 0 Å². The highest BCUT2D eigenvalue weighted by atomic mass is 16.5. The molecule has 0 aromatic heterocycles. The van der Waals surface area contributed by atoms with E-state index in [9.17, 15) is 0 Å². The Hall–Kier alpha value is -1.02. The normalized spacial score (nSPS) is 19.2. The molecule has 2 rings (SSSR count). The molecule has 1 aliphatic rings. The second-order valence-electron chi connectivity index (χ2n) is 6.84. The number of ether oxygens (including phenoxy) is 1. The lowest BCUT2D eigenvalue weighted by Gasteiger charge is -2.24. The minimum atomic E-state index is 0.362. The Balaban J connectivity index is 1.84. The van der Waals surface area contributed by atoms with Gasteiger partial charge >= 0.3 is 0 Å². The van der Waals surface area contributed by atoms with Crippen molar-refractivity contribution in [3.8, 4) is 5.75 Å². The van der Waals surface area contributed by atoms with Crippen molar-refractivity contribution in [1.82, 2.24) is 5.32 Å². The fraction of sp³-hybridized carbons (Fsp3) is 0.667. The number of rotatable bonds is 7. The Kier molecular flexibility index (Phi) is 5.47. The summed E-state index contributed by atoms with van der Waals surface area (Å²) in [7, 11) is 0. The maximum atomic E-state index is 6.09. The second-order valence-corrected chi connectivity index (χ2v) is 6.84. The van der Waals surface area contributed by atoms with E-state index in [4.69, 9.17) is 4.74 Å². The van der Waals surface area contributed by atoms with Crippen LogP contribution >= 0.6 is 0 Å². The smallest absolute Gasteiger partial charge is 0.123 e. The molecule has 1 aromatic carbocycles. The molecule has 0 aliphatic carbocycles. The first-order valence-electron chi connectivity index (χ1n) is 8.01. The van der Waals surface area contributed by atoms with Crippen LogP contribution in [0.25, 0.3) is 0 Å². The molecular weight excluding hydrogens is 246 g/mol. The van der Waals surface area contributed by atoms with Gasteiger partial charge in [0.05, 0.1) is 0 Å². The summed E-state index contributed by atoms with van der Waals surface area (Å²) >= 11 is 0. The molecule has 1 aromatic rings. The van der Waals surface area contributed by atoms with E-state index in [1.54, 1.807) is 0 Å². The van der Waals surface area contributed by atoms with Crippen LogP contribution in [-0.4, -0.2) is 19.2 Å². The van der Waals surface area contributed by atoms with E-state index in [0.29, 0.717) is 17.9 Å². The van der Waals surface area contributed by atoms with Gasteiger partial charge in [0.2, 0.25) is 0 Å². The maximum absolute atomic E-state index is 6.09. The third-order valence-electron chi connectivity index (χ3n) is 4.18. The fourth-order valence-corrected chi connectivity index (χ4v) is 2.87. The number of benzene rings is 1. The Morgan fingerprint density at radius 3 is 2.55 bits per heavy atom. The molecular formula is C18H29NO. The van der Waals surface area contributed by atoms with E-state index in [1.165, 1.54) is 5.56 Å². The zero-order chi connectivity index (χ0) is 14.5. The van der Waals surface area contributed by atoms with E-state index >= 15 is 0 Å². The van der Waals surface area contributed by atoms with Gasteiger partial charge in [-0.05, 0) is 48.9 Å². The number of hydrogen-bond donors (Lipinski definition) is 1. The molecule has 0 amide bonds. The summed E-state index contributed by atoms with van der Waals surface area (Å²) in [5, 5.41) is 3.61. The molecule has 0 saturated heterocycles. The Morgan fingerprint density at radius 1 is 1.15 bits per heavy atom. The first-order valence-corrected chi connectivity index (χ1v) is 8.01. The van der Waals surface area contributed by atoms with Gasteiger partial charge in [-0.2, -0.15) is 0 Å². The first-order chi connectivity index (χ1) is 9.56. The molecule has 1 N–H and O–H groups in total. The van der Waals surface area contributed by atoms with Crippen molar-refractivity contribution in [3.05, 3.63) is 29.8 Å². The molecule has 20 heavy (non-hydrogen) atoms. The zero-order valence-corrected chi connectivity index (χ0v) is 13.4. The number of para-hydroxylation sites is 1. The summed E-state index contributed by atoms with van der Waals surface area (Å²) in [5.74, 6) is 3.19. The average molecular weight is 275 g/mol. The van der Waals surface area contributed by atoms with Crippen molar-refractivity contribution in [3.63, 3.8) is 0 Å². The lowest BCUT2D eigenvalue weighted by atomic mass is 9.89. The van der Waals surface area contributed by atoms with Crippen LogP contribution in [0.15, 0.2) is 24.3 Å². The first kappa shape index (κ1) is 15.4. The molecule has 1 aliphatic heterocycles. The second kappa shape index (κ2) is 7.12. The Morgan fingerprint density at radius 2 is 1.90 bits per heavy atom. The quantitative estimate of drug-likeness (QED) is 0.815. The molecule has 0 spiro atoms. The summed E-state index contributed by atoms with van der Waals surface area (Å²) < 4.78 is 6.09. The minimum Gasteiger partial charge on any atom is -0.490 e. The van der Waals surface area contributed by atoms with E-state index in [1.807, 2.05) is 0 Å². The molecule has 0 bridgehead atoms. The molecule has 2 nitrogen and oxygen atoms in total. The number of fused-ring (bicyclic) bond motifs is 1. The van der Waals surface area contributed by atoms with Gasteiger partial charge in [0.25, 0.3) is 0 Å². The highest BCUT2D eigenvalue weighted by Gasteiger charge is 2.26. The van der Waals surface area contributed by atoms with Gasteiger partial charge in [0, 0.05) is 6.42 Å². The van der Waals surface area contributed by atoms with Crippen LogP contribution in [0.1, 0.15) is 39.7 Å². The predicted molar refractivity (Wildman–Crippen MR) is 85.2 cm³/mol. The highest BCUT2D eigenvalue weighted by Crippen LogP contribution is 2.32. The van der Waals surface area contributed by atoms with Crippen LogP contribution in [0.5, 0.6) is 5.75 Å². The van der Waals surface area contributed by atoms with Crippen molar-refractivity contribution < 1.29 is 4.74 Å². The molecule has 2 atom stereocenters. The van der Waals surface area contributed by atoms with Gasteiger partial charge in [0.15, 0.2) is 0 Å². The van der Waals surface area contributed by atoms with Gasteiger partial charge < -0.3 is 10.1 Å². The lowest BCUT2D eigenvalue weighted by molar-refractivity contribution is 0.172. The van der Waals surface area contributed by atoms with E-state index in [0.717, 1.165) is 37.6 Å². The van der Waals surface area contributed by atoms with Crippen LogP contribution in [0.3, 0.4) is 0 Å². The topological polar surface area (TPSA) is 21.3 Å². The highest BCUT2D eigenvalue weighted by molar-refractivity contribution is 5.37. The largest absolute Gasteiger partial charge is 0.490 e. The van der Waals surface area contributed by atoms with Crippen molar-refractivity contribution in [2.75, 3.05) is 13.1 Å². The van der Waals surface area contributed by atoms with Gasteiger partial charge in [-0.3, -0.25) is 0 Å². The van der Waals surface area contributed by atoms with Crippen LogP contribution in [0, 0.1) is 17.8 Å². The van der Waals surface area contributed by atoms with Crippen LogP contribution in [-0.2, 0) is 6.42 Å². The monoisotopic (exact) mass is 275 g/mol. The minimum absolute atomic E-state index is 0.362. The molecule has 2 heteroatoms. The molecule has 0 fully saturated rings. The van der Waals surface area contributed by atoms with Crippen LogP contribution < -0.4 is 10.1 Å². The summed E-state index contributed by atoms with van der Waals surface area (Å²) in [5.41, 5.74) is 1.37. The van der Waals surface area contributed by atoms with Crippen molar-refractivity contribution in [2.45, 2.75) is 46.6 Å². The third-order valence-corrected chi connectivity index (χ3v) is 4.18. The van der Waals surface area contributed by atoms with Gasteiger partial charge in [0.1, 0.15) is 11.9 Å². The molecule has 0 radical (unpaired) electrons. The number of nitrogens with one attached hydrogen (secondary N) is 1. The summed E-state index contributed by atoms with van der Waals surface area (Å²) in [6.07, 6.45) is 2.58. The fourth-order valence-electron chi connectivity index (χ4n) is 2.87. The summed E-state index contributed by atoms with van der Waals surface area (Å²) in [6, 6.07) is 8.45. The van der Waals surface area contributed by atoms with Gasteiger partial charge in [-0.25, -0.2) is 0 Å². The van der Waals surface area contributed by atoms with Gasteiger partial charge in [-0.1, -0.05) is 45.9 Å². The van der Waals surface area contributed by atoms with E-state index in [-0.39, 0.29) is 0 Å². The Labute approximate surface area is 123 Å². The van der Waals surface area contributed by atoms with Crippen molar-refractivity contribution in [2.24, 2.45) is 17.8 Å². The van der Waals surface area contributed by atoms with Crippen LogP contribution in [0.2, 0.25) is 0 Å². The van der Waals surface area contributed by atoms with Crippen molar-refractivity contribution in [1.29, 1.82) is 0 Å².